The zero-order valence-corrected chi connectivity index (χ0v) is 14.2. The Kier molecular flexibility index (Phi) is 7.00. The molecule has 2 atom stereocenters. The molecule has 0 bridgehead atoms. The van der Waals surface area contributed by atoms with E-state index >= 15 is 0 Å². The van der Waals surface area contributed by atoms with Crippen molar-refractivity contribution in [3.05, 3.63) is 0 Å². The maximum Gasteiger partial charge on any atom is 0.242 e. The summed E-state index contributed by atoms with van der Waals surface area (Å²) in [6, 6.07) is 0.409. The summed E-state index contributed by atoms with van der Waals surface area (Å²) in [7, 11) is 0. The monoisotopic (exact) mass is 308 g/mol. The molecule has 2 rings (SSSR count). The zero-order chi connectivity index (χ0) is 15.8. The second-order valence-electron chi connectivity index (χ2n) is 6.89. The summed E-state index contributed by atoms with van der Waals surface area (Å²) in [4.78, 5) is 16.1. The average molecular weight is 308 g/mol. The van der Waals surface area contributed by atoms with E-state index in [0.29, 0.717) is 6.04 Å². The number of hydrogen-bond donors (Lipinski definition) is 3. The largest absolute Gasteiger partial charge is 0.357 e. The molecule has 2 aliphatic carbocycles. The minimum Gasteiger partial charge on any atom is -0.357 e. The summed E-state index contributed by atoms with van der Waals surface area (Å²) < 4.78 is 0. The van der Waals surface area contributed by atoms with Gasteiger partial charge in [0, 0.05) is 19.1 Å². The number of nitrogens with zero attached hydrogens (tertiary/aromatic N) is 1. The SMILES string of the molecule is CCNC(=NCC(=O)NC1CC1)NCCC1CCCC(C)C1. The highest BCUT2D eigenvalue weighted by Crippen LogP contribution is 2.30. The van der Waals surface area contributed by atoms with Crippen molar-refractivity contribution >= 4 is 11.9 Å². The van der Waals surface area contributed by atoms with Crippen LogP contribution in [0.3, 0.4) is 0 Å². The molecule has 5 nitrogen and oxygen atoms in total. The first-order valence-electron chi connectivity index (χ1n) is 8.99. The lowest BCUT2D eigenvalue weighted by Crippen LogP contribution is -2.39. The predicted molar refractivity (Wildman–Crippen MR) is 90.9 cm³/mol. The number of nitrogens with one attached hydrogen (secondary N) is 3. The van der Waals surface area contributed by atoms with E-state index in [1.807, 2.05) is 6.92 Å². The quantitative estimate of drug-likeness (QED) is 0.498. The summed E-state index contributed by atoms with van der Waals surface area (Å²) in [5.74, 6) is 2.52. The lowest BCUT2D eigenvalue weighted by Gasteiger charge is -2.26. The lowest BCUT2D eigenvalue weighted by atomic mass is 9.81. The van der Waals surface area contributed by atoms with Crippen molar-refractivity contribution in [2.24, 2.45) is 16.8 Å². The van der Waals surface area contributed by atoms with Gasteiger partial charge in [-0.25, -0.2) is 4.99 Å². The van der Waals surface area contributed by atoms with Gasteiger partial charge in [0.25, 0.3) is 0 Å². The fraction of sp³-hybridized carbons (Fsp3) is 0.882. The molecule has 0 radical (unpaired) electrons. The highest BCUT2D eigenvalue weighted by molar-refractivity contribution is 5.85. The van der Waals surface area contributed by atoms with E-state index in [2.05, 4.69) is 27.9 Å². The topological polar surface area (TPSA) is 65.5 Å². The molecule has 2 aliphatic rings. The number of amides is 1. The van der Waals surface area contributed by atoms with Crippen LogP contribution in [0.4, 0.5) is 0 Å². The Hall–Kier alpha value is -1.26. The first-order valence-corrected chi connectivity index (χ1v) is 8.99. The summed E-state index contributed by atoms with van der Waals surface area (Å²) in [6.45, 7) is 6.38. The van der Waals surface area contributed by atoms with Crippen molar-refractivity contribution in [2.45, 2.75) is 64.8 Å². The Morgan fingerprint density at radius 2 is 2.00 bits per heavy atom. The molecule has 2 fully saturated rings. The van der Waals surface area contributed by atoms with Crippen molar-refractivity contribution < 1.29 is 4.79 Å². The van der Waals surface area contributed by atoms with Crippen molar-refractivity contribution in [1.82, 2.24) is 16.0 Å². The molecule has 2 saturated carbocycles. The van der Waals surface area contributed by atoms with Gasteiger partial charge in [0.05, 0.1) is 0 Å². The molecule has 0 saturated heterocycles. The molecular formula is C17H32N4O. The van der Waals surface area contributed by atoms with E-state index in [-0.39, 0.29) is 12.5 Å². The number of carbonyl (C=O) groups is 1. The van der Waals surface area contributed by atoms with E-state index in [0.717, 1.165) is 43.7 Å². The van der Waals surface area contributed by atoms with Crippen LogP contribution in [0.15, 0.2) is 4.99 Å². The fourth-order valence-electron chi connectivity index (χ4n) is 3.21. The first kappa shape index (κ1) is 17.1. The first-order chi connectivity index (χ1) is 10.7. The smallest absolute Gasteiger partial charge is 0.242 e. The normalized spacial score (nSPS) is 25.6. The maximum atomic E-state index is 11.7. The highest BCUT2D eigenvalue weighted by Gasteiger charge is 2.23. The number of carbonyl (C=O) groups excluding carboxylic acids is 1. The second kappa shape index (κ2) is 9.01. The van der Waals surface area contributed by atoms with Crippen molar-refractivity contribution in [3.8, 4) is 0 Å². The van der Waals surface area contributed by atoms with E-state index in [4.69, 9.17) is 0 Å². The molecule has 1 amide bonds. The van der Waals surface area contributed by atoms with Gasteiger partial charge in [0.2, 0.25) is 5.91 Å². The van der Waals surface area contributed by atoms with E-state index < -0.39 is 0 Å². The highest BCUT2D eigenvalue weighted by atomic mass is 16.2. The van der Waals surface area contributed by atoms with E-state index in [9.17, 15) is 4.79 Å². The van der Waals surface area contributed by atoms with E-state index in [1.165, 1.54) is 32.1 Å². The van der Waals surface area contributed by atoms with Gasteiger partial charge in [0.15, 0.2) is 5.96 Å². The molecule has 0 aromatic carbocycles. The van der Waals surface area contributed by atoms with Crippen molar-refractivity contribution in [1.29, 1.82) is 0 Å². The lowest BCUT2D eigenvalue weighted by molar-refractivity contribution is -0.119. The molecule has 0 heterocycles. The molecule has 0 aliphatic heterocycles. The number of guanidine groups is 1. The molecule has 22 heavy (non-hydrogen) atoms. The Morgan fingerprint density at radius 3 is 2.68 bits per heavy atom. The molecular weight excluding hydrogens is 276 g/mol. The molecule has 0 aromatic rings. The van der Waals surface area contributed by atoms with Gasteiger partial charge < -0.3 is 16.0 Å². The molecule has 2 unspecified atom stereocenters. The van der Waals surface area contributed by atoms with Crippen LogP contribution in [-0.4, -0.2) is 37.5 Å². The van der Waals surface area contributed by atoms with Crippen LogP contribution in [0.1, 0.15) is 58.8 Å². The number of rotatable bonds is 7. The van der Waals surface area contributed by atoms with Crippen LogP contribution in [0, 0.1) is 11.8 Å². The van der Waals surface area contributed by atoms with Gasteiger partial charge in [-0.2, -0.15) is 0 Å². The van der Waals surface area contributed by atoms with Gasteiger partial charge >= 0.3 is 0 Å². The average Bonchev–Trinajstić information content (AvgIpc) is 3.29. The molecule has 3 N–H and O–H groups in total. The van der Waals surface area contributed by atoms with Crippen LogP contribution in [0.2, 0.25) is 0 Å². The van der Waals surface area contributed by atoms with Crippen LogP contribution >= 0.6 is 0 Å². The second-order valence-corrected chi connectivity index (χ2v) is 6.89. The Morgan fingerprint density at radius 1 is 1.18 bits per heavy atom. The number of hydrogen-bond acceptors (Lipinski definition) is 2. The van der Waals surface area contributed by atoms with Gasteiger partial charge in [-0.3, -0.25) is 4.79 Å². The molecule has 0 aromatic heterocycles. The van der Waals surface area contributed by atoms with Gasteiger partial charge in [-0.05, 0) is 44.4 Å². The van der Waals surface area contributed by atoms with E-state index in [1.54, 1.807) is 0 Å². The minimum atomic E-state index is 0.0285. The molecule has 126 valence electrons. The maximum absolute atomic E-state index is 11.7. The van der Waals surface area contributed by atoms with Crippen molar-refractivity contribution in [3.63, 3.8) is 0 Å². The Labute approximate surface area is 134 Å². The third-order valence-electron chi connectivity index (χ3n) is 4.56. The van der Waals surface area contributed by atoms with Gasteiger partial charge in [-0.15, -0.1) is 0 Å². The molecule has 0 spiro atoms. The zero-order valence-electron chi connectivity index (χ0n) is 14.2. The third kappa shape index (κ3) is 6.67. The number of aliphatic imine (C=N–C) groups is 1. The summed E-state index contributed by atoms with van der Waals surface area (Å²) >= 11 is 0. The van der Waals surface area contributed by atoms with Crippen molar-refractivity contribution in [2.75, 3.05) is 19.6 Å². The third-order valence-corrected chi connectivity index (χ3v) is 4.56. The predicted octanol–water partition coefficient (Wildman–Crippen LogP) is 2.04. The molecule has 5 heteroatoms. The van der Waals surface area contributed by atoms with Gasteiger partial charge in [-0.1, -0.05) is 26.2 Å². The standard InChI is InChI=1S/C17H32N4O/c1-3-18-17(20-12-16(22)21-15-7-8-15)19-10-9-14-6-4-5-13(2)11-14/h13-15H,3-12H2,1-2H3,(H,21,22)(H2,18,19,20). The van der Waals surface area contributed by atoms with Crippen LogP contribution in [0.5, 0.6) is 0 Å². The Balaban J connectivity index is 1.66. The summed E-state index contributed by atoms with van der Waals surface area (Å²) in [5.41, 5.74) is 0. The summed E-state index contributed by atoms with van der Waals surface area (Å²) in [5, 5.41) is 9.54. The van der Waals surface area contributed by atoms with Crippen LogP contribution < -0.4 is 16.0 Å². The van der Waals surface area contributed by atoms with Crippen LogP contribution in [-0.2, 0) is 4.79 Å². The Bertz CT molecular complexity index is 379. The summed E-state index contributed by atoms with van der Waals surface area (Å²) in [6.07, 6.45) is 8.93. The van der Waals surface area contributed by atoms with Gasteiger partial charge in [0.1, 0.15) is 6.54 Å². The van der Waals surface area contributed by atoms with Crippen LogP contribution in [0.25, 0.3) is 0 Å². The minimum absolute atomic E-state index is 0.0285. The fourth-order valence-corrected chi connectivity index (χ4v) is 3.21.